The van der Waals surface area contributed by atoms with Crippen LogP contribution in [0, 0.1) is 0 Å². The molecule has 1 fully saturated rings. The summed E-state index contributed by atoms with van der Waals surface area (Å²) < 4.78 is 33.5. The molecule has 2 aromatic carbocycles. The maximum atomic E-state index is 13.2. The minimum absolute atomic E-state index is 0.352. The highest BCUT2D eigenvalue weighted by Crippen LogP contribution is 2.26. The number of para-hydroxylation sites is 1. The van der Waals surface area contributed by atoms with E-state index in [4.69, 9.17) is 4.74 Å². The second kappa shape index (κ2) is 7.87. The molecule has 6 nitrogen and oxygen atoms in total. The van der Waals surface area contributed by atoms with Gasteiger partial charge in [-0.1, -0.05) is 30.3 Å². The number of fused-ring (bicyclic) bond motifs is 1. The van der Waals surface area contributed by atoms with Crippen LogP contribution < -0.4 is 4.74 Å². The molecule has 0 radical (unpaired) electrons. The molecule has 0 atom stereocenters. The molecule has 1 aliphatic rings. The second-order valence-electron chi connectivity index (χ2n) is 6.85. The van der Waals surface area contributed by atoms with Crippen molar-refractivity contribution >= 4 is 20.8 Å². The molecule has 1 aromatic heterocycles. The van der Waals surface area contributed by atoms with Gasteiger partial charge in [0.15, 0.2) is 0 Å². The fraction of sp³-hybridized carbons (Fsp3) is 0.286. The SMILES string of the molecule is COc1ccccc1CN1CCN(S(=O)(=O)c2cccc3cnccc23)CC1. The second-order valence-corrected chi connectivity index (χ2v) is 8.75. The topological polar surface area (TPSA) is 62.7 Å². The quantitative estimate of drug-likeness (QED) is 0.662. The highest BCUT2D eigenvalue weighted by molar-refractivity contribution is 7.89. The summed E-state index contributed by atoms with van der Waals surface area (Å²) in [6.07, 6.45) is 3.33. The predicted molar refractivity (Wildman–Crippen MR) is 109 cm³/mol. The van der Waals surface area contributed by atoms with Crippen molar-refractivity contribution in [3.8, 4) is 5.75 Å². The summed E-state index contributed by atoms with van der Waals surface area (Å²) in [7, 11) is -1.87. The normalized spacial score (nSPS) is 16.3. The maximum absolute atomic E-state index is 13.2. The Morgan fingerprint density at radius 1 is 1.00 bits per heavy atom. The number of benzene rings is 2. The van der Waals surface area contributed by atoms with Gasteiger partial charge >= 0.3 is 0 Å². The van der Waals surface area contributed by atoms with E-state index in [9.17, 15) is 8.42 Å². The van der Waals surface area contributed by atoms with E-state index < -0.39 is 10.0 Å². The van der Waals surface area contributed by atoms with Crippen LogP contribution in [0.3, 0.4) is 0 Å². The Morgan fingerprint density at radius 3 is 2.57 bits per heavy atom. The molecule has 4 rings (SSSR count). The number of nitrogens with zero attached hydrogens (tertiary/aromatic N) is 3. The monoisotopic (exact) mass is 397 g/mol. The Bertz CT molecular complexity index is 1070. The molecule has 0 aliphatic carbocycles. The van der Waals surface area contributed by atoms with Gasteiger partial charge < -0.3 is 4.74 Å². The number of sulfonamides is 1. The van der Waals surface area contributed by atoms with Crippen molar-refractivity contribution in [2.45, 2.75) is 11.4 Å². The van der Waals surface area contributed by atoms with Crippen LogP contribution in [-0.4, -0.2) is 55.9 Å². The fourth-order valence-corrected chi connectivity index (χ4v) is 5.30. The summed E-state index contributed by atoms with van der Waals surface area (Å²) in [5.74, 6) is 0.863. The molecule has 0 N–H and O–H groups in total. The number of piperazine rings is 1. The Hall–Kier alpha value is -2.48. The van der Waals surface area contributed by atoms with Gasteiger partial charge in [0, 0.05) is 61.5 Å². The molecule has 3 aromatic rings. The summed E-state index contributed by atoms with van der Waals surface area (Å²) in [6, 6.07) is 15.0. The number of ether oxygens (including phenoxy) is 1. The first-order chi connectivity index (χ1) is 13.6. The first kappa shape index (κ1) is 18.9. The van der Waals surface area contributed by atoms with Gasteiger partial charge in [0.1, 0.15) is 5.75 Å². The number of methoxy groups -OCH3 is 1. The Balaban J connectivity index is 1.50. The van der Waals surface area contributed by atoms with Gasteiger partial charge in [-0.2, -0.15) is 4.31 Å². The highest BCUT2D eigenvalue weighted by Gasteiger charge is 2.29. The standard InChI is InChI=1S/C21H23N3O3S/c1-27-20-7-3-2-5-18(20)16-23-11-13-24(14-12-23)28(25,26)21-8-4-6-17-15-22-10-9-19(17)21/h2-10,15H,11-14,16H2,1H3. The van der Waals surface area contributed by atoms with Gasteiger partial charge in [-0.15, -0.1) is 0 Å². The van der Waals surface area contributed by atoms with Crippen molar-refractivity contribution in [2.75, 3.05) is 33.3 Å². The van der Waals surface area contributed by atoms with E-state index in [1.165, 1.54) is 0 Å². The molecule has 28 heavy (non-hydrogen) atoms. The van der Waals surface area contributed by atoms with Gasteiger partial charge in [-0.25, -0.2) is 8.42 Å². The van der Waals surface area contributed by atoms with Crippen LogP contribution in [0.15, 0.2) is 65.8 Å². The number of hydrogen-bond donors (Lipinski definition) is 0. The van der Waals surface area contributed by atoms with Gasteiger partial charge in [0.25, 0.3) is 0 Å². The molecule has 2 heterocycles. The number of pyridine rings is 1. The summed E-state index contributed by atoms with van der Waals surface area (Å²) in [5, 5.41) is 1.55. The molecule has 7 heteroatoms. The van der Waals surface area contributed by atoms with Crippen molar-refractivity contribution < 1.29 is 13.2 Å². The smallest absolute Gasteiger partial charge is 0.243 e. The van der Waals surface area contributed by atoms with Gasteiger partial charge in [-0.3, -0.25) is 9.88 Å². The highest BCUT2D eigenvalue weighted by atomic mass is 32.2. The third kappa shape index (κ3) is 3.61. The molecule has 0 unspecified atom stereocenters. The van der Waals surface area contributed by atoms with Crippen molar-refractivity contribution in [3.63, 3.8) is 0 Å². The zero-order valence-electron chi connectivity index (χ0n) is 15.8. The van der Waals surface area contributed by atoms with E-state index in [1.807, 2.05) is 30.3 Å². The number of rotatable bonds is 5. The van der Waals surface area contributed by atoms with Crippen LogP contribution in [0.5, 0.6) is 5.75 Å². The first-order valence-corrected chi connectivity index (χ1v) is 10.7. The van der Waals surface area contributed by atoms with Crippen LogP contribution in [0.2, 0.25) is 0 Å². The third-order valence-electron chi connectivity index (χ3n) is 5.18. The number of aromatic nitrogens is 1. The van der Waals surface area contributed by atoms with Crippen LogP contribution in [0.1, 0.15) is 5.56 Å². The van der Waals surface area contributed by atoms with E-state index in [-0.39, 0.29) is 0 Å². The summed E-state index contributed by atoms with van der Waals surface area (Å²) in [5.41, 5.74) is 1.11. The minimum Gasteiger partial charge on any atom is -0.496 e. The van der Waals surface area contributed by atoms with E-state index in [2.05, 4.69) is 9.88 Å². The van der Waals surface area contributed by atoms with Gasteiger partial charge in [0.05, 0.1) is 12.0 Å². The Morgan fingerprint density at radius 2 is 1.79 bits per heavy atom. The summed E-state index contributed by atoms with van der Waals surface area (Å²) in [4.78, 5) is 6.70. The molecule has 146 valence electrons. The summed E-state index contributed by atoms with van der Waals surface area (Å²) >= 11 is 0. The minimum atomic E-state index is -3.54. The van der Waals surface area contributed by atoms with Crippen LogP contribution in [0.4, 0.5) is 0 Å². The van der Waals surface area contributed by atoms with Crippen molar-refractivity contribution in [1.29, 1.82) is 0 Å². The van der Waals surface area contributed by atoms with Crippen molar-refractivity contribution in [1.82, 2.24) is 14.2 Å². The van der Waals surface area contributed by atoms with Crippen LogP contribution in [-0.2, 0) is 16.6 Å². The average Bonchev–Trinajstić information content (AvgIpc) is 2.74. The van der Waals surface area contributed by atoms with Crippen LogP contribution in [0.25, 0.3) is 10.8 Å². The van der Waals surface area contributed by atoms with E-state index >= 15 is 0 Å². The van der Waals surface area contributed by atoms with Crippen LogP contribution >= 0.6 is 0 Å². The number of hydrogen-bond acceptors (Lipinski definition) is 5. The molecule has 0 spiro atoms. The molecule has 1 aliphatic heterocycles. The lowest BCUT2D eigenvalue weighted by Gasteiger charge is -2.34. The molecular formula is C21H23N3O3S. The Kier molecular flexibility index (Phi) is 5.30. The average molecular weight is 398 g/mol. The van der Waals surface area contributed by atoms with Gasteiger partial charge in [0.2, 0.25) is 10.0 Å². The summed E-state index contributed by atoms with van der Waals surface area (Å²) in [6.45, 7) is 3.06. The lowest BCUT2D eigenvalue weighted by molar-refractivity contribution is 0.180. The predicted octanol–water partition coefficient (Wildman–Crippen LogP) is 2.75. The van der Waals surface area contributed by atoms with Crippen molar-refractivity contribution in [3.05, 3.63) is 66.5 Å². The fourth-order valence-electron chi connectivity index (χ4n) is 3.66. The lowest BCUT2D eigenvalue weighted by Crippen LogP contribution is -2.48. The zero-order chi connectivity index (χ0) is 19.6. The molecule has 0 saturated carbocycles. The van der Waals surface area contributed by atoms with E-state index in [1.54, 1.807) is 42.0 Å². The van der Waals surface area contributed by atoms with Crippen molar-refractivity contribution in [2.24, 2.45) is 0 Å². The molecule has 0 amide bonds. The third-order valence-corrected chi connectivity index (χ3v) is 7.13. The molecule has 0 bridgehead atoms. The zero-order valence-corrected chi connectivity index (χ0v) is 16.6. The first-order valence-electron chi connectivity index (χ1n) is 9.27. The van der Waals surface area contributed by atoms with E-state index in [0.29, 0.717) is 36.5 Å². The Labute approximate surface area is 165 Å². The van der Waals surface area contributed by atoms with Gasteiger partial charge in [-0.05, 0) is 18.2 Å². The molecular weight excluding hydrogens is 374 g/mol. The lowest BCUT2D eigenvalue weighted by atomic mass is 10.2. The largest absolute Gasteiger partial charge is 0.496 e. The molecule has 1 saturated heterocycles. The van der Waals surface area contributed by atoms with E-state index in [0.717, 1.165) is 23.2 Å². The maximum Gasteiger partial charge on any atom is 0.243 e.